The topological polar surface area (TPSA) is 93.1 Å². The average Bonchev–Trinajstić information content (AvgIpc) is 2.70. The van der Waals surface area contributed by atoms with Crippen molar-refractivity contribution in [2.45, 2.75) is 63.4 Å². The maximum Gasteiger partial charge on any atom is 0.316 e. The molecular weight excluding hydrogens is 324 g/mol. The van der Waals surface area contributed by atoms with Crippen LogP contribution in [0.1, 0.15) is 39.5 Å². The van der Waals surface area contributed by atoms with Gasteiger partial charge >= 0.3 is 11.9 Å². The number of ether oxygens (including phenoxy) is 2. The molecule has 2 heterocycles. The first-order valence-corrected chi connectivity index (χ1v) is 9.14. The number of carbonyl (C=O) groups is 2. The van der Waals surface area contributed by atoms with E-state index >= 15 is 0 Å². The molecule has 0 aromatic carbocycles. The number of fused-ring (bicyclic) bond motifs is 1. The lowest BCUT2D eigenvalue weighted by Crippen LogP contribution is -2.78. The minimum Gasteiger partial charge on any atom is -0.462 e. The summed E-state index contributed by atoms with van der Waals surface area (Å²) in [7, 11) is 0. The third kappa shape index (κ3) is 1.51. The lowest BCUT2D eigenvalue weighted by molar-refractivity contribution is -0.315. The Bertz CT molecular complexity index is 713. The molecule has 0 aromatic rings. The van der Waals surface area contributed by atoms with Crippen molar-refractivity contribution in [1.82, 2.24) is 0 Å². The van der Waals surface area contributed by atoms with Crippen LogP contribution in [0.2, 0.25) is 0 Å². The largest absolute Gasteiger partial charge is 0.462 e. The van der Waals surface area contributed by atoms with E-state index in [-0.39, 0.29) is 5.92 Å². The molecule has 3 aliphatic carbocycles. The lowest BCUT2D eigenvalue weighted by Gasteiger charge is -2.65. The first-order chi connectivity index (χ1) is 11.6. The fraction of sp³-hybridized carbons (Fsp3) is 0.789. The van der Waals surface area contributed by atoms with Crippen LogP contribution in [0.4, 0.5) is 0 Å². The van der Waals surface area contributed by atoms with Gasteiger partial charge in [-0.25, -0.2) is 0 Å². The fourth-order valence-electron chi connectivity index (χ4n) is 6.82. The van der Waals surface area contributed by atoms with Crippen molar-refractivity contribution in [3.63, 3.8) is 0 Å². The van der Waals surface area contributed by atoms with Crippen LogP contribution in [0, 0.1) is 28.6 Å². The van der Waals surface area contributed by atoms with Gasteiger partial charge in [-0.05, 0) is 42.6 Å². The van der Waals surface area contributed by atoms with Gasteiger partial charge in [0.15, 0.2) is 0 Å². The summed E-state index contributed by atoms with van der Waals surface area (Å²) < 4.78 is 11.5. The summed E-state index contributed by atoms with van der Waals surface area (Å²) in [4.78, 5) is 25.9. The Balaban J connectivity index is 1.75. The molecule has 0 aromatic heterocycles. The molecule has 2 aliphatic heterocycles. The van der Waals surface area contributed by atoms with Crippen molar-refractivity contribution in [2.75, 3.05) is 0 Å². The second-order valence-corrected chi connectivity index (χ2v) is 9.35. The highest BCUT2D eigenvalue weighted by Crippen LogP contribution is 2.68. The molecule has 2 N–H and O–H groups in total. The van der Waals surface area contributed by atoms with Gasteiger partial charge in [0.1, 0.15) is 23.2 Å². The number of carbonyl (C=O) groups excluding carboxylic acids is 2. The van der Waals surface area contributed by atoms with Gasteiger partial charge in [-0.15, -0.1) is 0 Å². The molecule has 0 radical (unpaired) electrons. The van der Waals surface area contributed by atoms with Gasteiger partial charge in [0.25, 0.3) is 0 Å². The van der Waals surface area contributed by atoms with Crippen molar-refractivity contribution < 1.29 is 29.3 Å². The molecule has 136 valence electrons. The van der Waals surface area contributed by atoms with Crippen molar-refractivity contribution in [2.24, 2.45) is 28.6 Å². The van der Waals surface area contributed by atoms with Crippen LogP contribution in [0.15, 0.2) is 12.2 Å². The van der Waals surface area contributed by atoms with Gasteiger partial charge in [0.05, 0.1) is 12.0 Å². The van der Waals surface area contributed by atoms with E-state index in [0.717, 1.165) is 0 Å². The van der Waals surface area contributed by atoms with E-state index in [9.17, 15) is 19.8 Å². The summed E-state index contributed by atoms with van der Waals surface area (Å²) in [5.41, 5.74) is -2.61. The molecule has 5 aliphatic rings. The van der Waals surface area contributed by atoms with Gasteiger partial charge in [-0.3, -0.25) is 9.59 Å². The minimum atomic E-state index is -1.49. The average molecular weight is 348 g/mol. The molecule has 3 saturated carbocycles. The molecule has 8 atom stereocenters. The Morgan fingerprint density at radius 3 is 2.68 bits per heavy atom. The van der Waals surface area contributed by atoms with E-state index in [1.54, 1.807) is 0 Å². The van der Waals surface area contributed by atoms with Crippen LogP contribution in [0.25, 0.3) is 0 Å². The normalized spacial score (nSPS) is 55.3. The predicted octanol–water partition coefficient (Wildman–Crippen LogP) is 0.948. The van der Waals surface area contributed by atoms with Crippen molar-refractivity contribution in [3.05, 3.63) is 12.2 Å². The number of hydrogen-bond acceptors (Lipinski definition) is 6. The monoisotopic (exact) mass is 348 g/mol. The zero-order valence-electron chi connectivity index (χ0n) is 14.5. The highest BCUT2D eigenvalue weighted by atomic mass is 16.6. The van der Waals surface area contributed by atoms with E-state index in [4.69, 9.17) is 9.47 Å². The Kier molecular flexibility index (Phi) is 2.71. The zero-order valence-corrected chi connectivity index (χ0v) is 14.5. The van der Waals surface area contributed by atoms with Crippen molar-refractivity contribution in [3.8, 4) is 0 Å². The molecule has 1 spiro atoms. The van der Waals surface area contributed by atoms with E-state index in [1.807, 2.05) is 13.8 Å². The number of aliphatic hydroxyl groups excluding tert-OH is 1. The number of aliphatic hydroxyl groups is 2. The van der Waals surface area contributed by atoms with E-state index in [1.165, 1.54) is 0 Å². The Hall–Kier alpha value is -1.40. The zero-order chi connectivity index (χ0) is 17.9. The Morgan fingerprint density at radius 1 is 1.24 bits per heavy atom. The molecule has 2 saturated heterocycles. The summed E-state index contributed by atoms with van der Waals surface area (Å²) in [6.45, 7) is 7.88. The van der Waals surface area contributed by atoms with Crippen LogP contribution < -0.4 is 0 Å². The van der Waals surface area contributed by atoms with Crippen LogP contribution in [0.3, 0.4) is 0 Å². The van der Waals surface area contributed by atoms with E-state index in [0.29, 0.717) is 31.3 Å². The summed E-state index contributed by atoms with van der Waals surface area (Å²) in [6, 6.07) is 0. The summed E-state index contributed by atoms with van der Waals surface area (Å²) in [6.07, 6.45) is -0.274. The van der Waals surface area contributed by atoms with Crippen molar-refractivity contribution in [1.29, 1.82) is 0 Å². The lowest BCUT2D eigenvalue weighted by atomic mass is 9.46. The van der Waals surface area contributed by atoms with Crippen LogP contribution in [-0.2, 0) is 19.1 Å². The van der Waals surface area contributed by atoms with Gasteiger partial charge in [-0.1, -0.05) is 20.4 Å². The highest BCUT2D eigenvalue weighted by molar-refractivity contribution is 5.85. The maximum atomic E-state index is 13.0. The Morgan fingerprint density at radius 2 is 1.96 bits per heavy atom. The molecular formula is C19H24O6. The third-order valence-corrected chi connectivity index (χ3v) is 7.83. The molecule has 6 unspecified atom stereocenters. The SMILES string of the molecule is C=C1C2CC3OC(=O)C4C(C)(C)CCC5OC(=O)C(C2)(C3[C@]54O)[C@H]1O. The van der Waals surface area contributed by atoms with Crippen LogP contribution in [-0.4, -0.2) is 46.1 Å². The quantitative estimate of drug-likeness (QED) is 0.500. The molecule has 25 heavy (non-hydrogen) atoms. The van der Waals surface area contributed by atoms with Crippen molar-refractivity contribution >= 4 is 11.9 Å². The van der Waals surface area contributed by atoms with E-state index in [2.05, 4.69) is 6.58 Å². The van der Waals surface area contributed by atoms with Crippen LogP contribution >= 0.6 is 0 Å². The summed E-state index contributed by atoms with van der Waals surface area (Å²) >= 11 is 0. The number of esters is 2. The Labute approximate surface area is 146 Å². The molecule has 6 nitrogen and oxygen atoms in total. The van der Waals surface area contributed by atoms with Gasteiger partial charge in [0.2, 0.25) is 0 Å². The molecule has 5 fully saturated rings. The van der Waals surface area contributed by atoms with Gasteiger partial charge in [0, 0.05) is 5.92 Å². The standard InChI is InChI=1S/C19H24O6/c1-8-9-6-10-12-18(7-9,14(8)20)16(22)25-11-4-5-17(2,3)13(15(21)24-10)19(11,12)23/h9-14,20,23H,1,4-7H2,2-3H3/t9?,10?,11?,12?,13?,14-,18?,19+/m0/s1. The summed E-state index contributed by atoms with van der Waals surface area (Å²) in [5.74, 6) is -2.37. The number of hydrogen-bond donors (Lipinski definition) is 2. The second-order valence-electron chi connectivity index (χ2n) is 9.35. The van der Waals surface area contributed by atoms with Gasteiger partial charge < -0.3 is 19.7 Å². The van der Waals surface area contributed by atoms with Gasteiger partial charge in [-0.2, -0.15) is 0 Å². The first-order valence-electron chi connectivity index (χ1n) is 9.14. The third-order valence-electron chi connectivity index (χ3n) is 7.83. The van der Waals surface area contributed by atoms with E-state index < -0.39 is 58.5 Å². The molecule has 6 heteroatoms. The smallest absolute Gasteiger partial charge is 0.316 e. The number of rotatable bonds is 0. The first kappa shape index (κ1) is 15.8. The van der Waals surface area contributed by atoms with Crippen LogP contribution in [0.5, 0.6) is 0 Å². The molecule has 0 amide bonds. The molecule has 5 rings (SSSR count). The highest BCUT2D eigenvalue weighted by Gasteiger charge is 2.80. The maximum absolute atomic E-state index is 13.0. The second kappa shape index (κ2) is 4.29. The minimum absolute atomic E-state index is 0.0927. The summed E-state index contributed by atoms with van der Waals surface area (Å²) in [5, 5.41) is 22.8. The fourth-order valence-corrected chi connectivity index (χ4v) is 6.82. The predicted molar refractivity (Wildman–Crippen MR) is 85.0 cm³/mol. The molecule has 2 bridgehead atoms.